The summed E-state index contributed by atoms with van der Waals surface area (Å²) in [4.78, 5) is 12.6. The van der Waals surface area contributed by atoms with Crippen LogP contribution in [0.15, 0.2) is 18.2 Å². The molecule has 0 heterocycles. The van der Waals surface area contributed by atoms with Crippen molar-refractivity contribution in [1.82, 2.24) is 0 Å². The smallest absolute Gasteiger partial charge is 0.169 e. The van der Waals surface area contributed by atoms with Crippen molar-refractivity contribution >= 4 is 17.4 Å². The summed E-state index contributed by atoms with van der Waals surface area (Å²) < 4.78 is 19.6. The number of halogens is 2. The largest absolute Gasteiger partial charge is 0.367 e. The van der Waals surface area contributed by atoms with Gasteiger partial charge in [-0.1, -0.05) is 36.9 Å². The predicted molar refractivity (Wildman–Crippen MR) is 77.6 cm³/mol. The molecule has 0 bridgehead atoms. The molecule has 1 saturated carbocycles. The molecule has 0 radical (unpaired) electrons. The minimum atomic E-state index is -0.737. The lowest BCUT2D eigenvalue weighted by molar-refractivity contribution is -0.148. The highest BCUT2D eigenvalue weighted by atomic mass is 35.5. The van der Waals surface area contributed by atoms with E-state index in [9.17, 15) is 9.18 Å². The zero-order valence-corrected chi connectivity index (χ0v) is 12.5. The van der Waals surface area contributed by atoms with Crippen molar-refractivity contribution in [1.29, 1.82) is 0 Å². The van der Waals surface area contributed by atoms with E-state index in [2.05, 4.69) is 0 Å². The fourth-order valence-corrected chi connectivity index (χ4v) is 3.16. The summed E-state index contributed by atoms with van der Waals surface area (Å²) in [6.07, 6.45) is 4.55. The van der Waals surface area contributed by atoms with Crippen LogP contribution in [0.1, 0.15) is 44.6 Å². The van der Waals surface area contributed by atoms with Gasteiger partial charge in [0.15, 0.2) is 5.78 Å². The number of carbonyl (C=O) groups excluding carboxylic acids is 1. The molecule has 0 amide bonds. The standard InChI is InChI=1S/C16H20ClFO2/c1-2-20-16(9-4-3-5-10-16)15(19)11-12-13(17)7-6-8-14(12)18/h6-8H,2-5,9-11H2,1H3. The van der Waals surface area contributed by atoms with Gasteiger partial charge in [0.2, 0.25) is 0 Å². The number of rotatable bonds is 5. The predicted octanol–water partition coefficient (Wildman–Crippen LogP) is 4.33. The Bertz CT molecular complexity index is 456. The van der Waals surface area contributed by atoms with E-state index >= 15 is 0 Å². The van der Waals surface area contributed by atoms with Crippen LogP contribution < -0.4 is 0 Å². The molecular weight excluding hydrogens is 279 g/mol. The van der Waals surface area contributed by atoms with E-state index in [1.54, 1.807) is 12.1 Å². The minimum absolute atomic E-state index is 0.00546. The van der Waals surface area contributed by atoms with E-state index in [1.165, 1.54) is 6.07 Å². The van der Waals surface area contributed by atoms with Gasteiger partial charge in [-0.05, 0) is 31.9 Å². The highest BCUT2D eigenvalue weighted by Crippen LogP contribution is 2.34. The summed E-state index contributed by atoms with van der Waals surface area (Å²) in [5.41, 5.74) is -0.456. The maximum absolute atomic E-state index is 13.8. The van der Waals surface area contributed by atoms with Gasteiger partial charge in [0, 0.05) is 23.6 Å². The summed E-state index contributed by atoms with van der Waals surface area (Å²) >= 11 is 6.00. The first-order chi connectivity index (χ1) is 9.59. The zero-order valence-electron chi connectivity index (χ0n) is 11.8. The van der Waals surface area contributed by atoms with Crippen LogP contribution in [-0.4, -0.2) is 18.0 Å². The third-order valence-electron chi connectivity index (χ3n) is 3.99. The molecule has 0 N–H and O–H groups in total. The number of carbonyl (C=O) groups is 1. The number of hydrogen-bond donors (Lipinski definition) is 0. The van der Waals surface area contributed by atoms with Gasteiger partial charge in [-0.25, -0.2) is 4.39 Å². The average molecular weight is 299 g/mol. The van der Waals surface area contributed by atoms with Crippen LogP contribution in [0, 0.1) is 5.82 Å². The van der Waals surface area contributed by atoms with Crippen molar-refractivity contribution in [2.24, 2.45) is 0 Å². The molecule has 0 atom stereocenters. The van der Waals surface area contributed by atoms with E-state index in [0.29, 0.717) is 11.6 Å². The van der Waals surface area contributed by atoms with E-state index < -0.39 is 11.4 Å². The lowest BCUT2D eigenvalue weighted by Crippen LogP contribution is -2.44. The number of hydrogen-bond acceptors (Lipinski definition) is 2. The van der Waals surface area contributed by atoms with Crippen molar-refractivity contribution in [3.05, 3.63) is 34.6 Å². The molecule has 0 unspecified atom stereocenters. The van der Waals surface area contributed by atoms with Crippen LogP contribution in [-0.2, 0) is 16.0 Å². The van der Waals surface area contributed by atoms with Crippen LogP contribution in [0.4, 0.5) is 4.39 Å². The Hall–Kier alpha value is -0.930. The number of ether oxygens (including phenoxy) is 1. The third-order valence-corrected chi connectivity index (χ3v) is 4.34. The van der Waals surface area contributed by atoms with E-state index in [1.807, 2.05) is 6.92 Å². The lowest BCUT2D eigenvalue weighted by Gasteiger charge is -2.35. The molecule has 2 nitrogen and oxygen atoms in total. The Balaban J connectivity index is 2.20. The average Bonchev–Trinajstić information content (AvgIpc) is 2.44. The quantitative estimate of drug-likeness (QED) is 0.809. The van der Waals surface area contributed by atoms with E-state index in [-0.39, 0.29) is 17.8 Å². The monoisotopic (exact) mass is 298 g/mol. The molecule has 1 fully saturated rings. The first-order valence-electron chi connectivity index (χ1n) is 7.19. The van der Waals surface area contributed by atoms with Crippen LogP contribution in [0.3, 0.4) is 0 Å². The SMILES string of the molecule is CCOC1(C(=O)Cc2c(F)cccc2Cl)CCCCC1. The third kappa shape index (κ3) is 3.21. The second-order valence-corrected chi connectivity index (χ2v) is 5.70. The van der Waals surface area contributed by atoms with Gasteiger partial charge in [0.25, 0.3) is 0 Å². The van der Waals surface area contributed by atoms with E-state index in [4.69, 9.17) is 16.3 Å². The molecule has 0 spiro atoms. The molecule has 1 aromatic rings. The molecule has 20 heavy (non-hydrogen) atoms. The first kappa shape index (κ1) is 15.5. The summed E-state index contributed by atoms with van der Waals surface area (Å²) in [6.45, 7) is 2.39. The molecule has 4 heteroatoms. The summed E-state index contributed by atoms with van der Waals surface area (Å²) in [6, 6.07) is 4.49. The van der Waals surface area contributed by atoms with Gasteiger partial charge < -0.3 is 4.74 Å². The highest BCUT2D eigenvalue weighted by molar-refractivity contribution is 6.31. The maximum Gasteiger partial charge on any atom is 0.169 e. The molecule has 1 aliphatic rings. The Morgan fingerprint density at radius 2 is 2.05 bits per heavy atom. The molecule has 0 aliphatic heterocycles. The molecule has 0 saturated heterocycles. The van der Waals surface area contributed by atoms with Gasteiger partial charge in [-0.3, -0.25) is 4.79 Å². The van der Waals surface area contributed by atoms with Crippen molar-refractivity contribution < 1.29 is 13.9 Å². The van der Waals surface area contributed by atoms with Gasteiger partial charge >= 0.3 is 0 Å². The number of Topliss-reactive ketones (excluding diaryl/α,β-unsaturated/α-hetero) is 1. The fourth-order valence-electron chi connectivity index (χ4n) is 2.93. The van der Waals surface area contributed by atoms with Crippen molar-refractivity contribution in [3.8, 4) is 0 Å². The van der Waals surface area contributed by atoms with Crippen LogP contribution in [0.25, 0.3) is 0 Å². The second kappa shape index (κ2) is 6.68. The van der Waals surface area contributed by atoms with Crippen LogP contribution in [0.5, 0.6) is 0 Å². The zero-order chi connectivity index (χ0) is 14.6. The minimum Gasteiger partial charge on any atom is -0.367 e. The number of benzene rings is 1. The van der Waals surface area contributed by atoms with Crippen molar-refractivity contribution in [2.75, 3.05) is 6.61 Å². The molecule has 1 aliphatic carbocycles. The van der Waals surface area contributed by atoms with E-state index in [0.717, 1.165) is 32.1 Å². The summed E-state index contributed by atoms with van der Waals surface area (Å²) in [5, 5.41) is 0.306. The lowest BCUT2D eigenvalue weighted by atomic mass is 9.79. The topological polar surface area (TPSA) is 26.3 Å². The fraction of sp³-hybridized carbons (Fsp3) is 0.562. The van der Waals surface area contributed by atoms with Gasteiger partial charge in [0.1, 0.15) is 11.4 Å². The Morgan fingerprint density at radius 1 is 1.35 bits per heavy atom. The van der Waals surface area contributed by atoms with Gasteiger partial charge in [0.05, 0.1) is 0 Å². The van der Waals surface area contributed by atoms with Crippen LogP contribution in [0.2, 0.25) is 5.02 Å². The Labute approximate surface area is 124 Å². The van der Waals surface area contributed by atoms with Gasteiger partial charge in [-0.15, -0.1) is 0 Å². The molecule has 110 valence electrons. The maximum atomic E-state index is 13.8. The normalized spacial score (nSPS) is 17.9. The number of ketones is 1. The van der Waals surface area contributed by atoms with Gasteiger partial charge in [-0.2, -0.15) is 0 Å². The Morgan fingerprint density at radius 3 is 2.65 bits per heavy atom. The summed E-state index contributed by atoms with van der Waals surface area (Å²) in [7, 11) is 0. The van der Waals surface area contributed by atoms with Crippen molar-refractivity contribution in [3.63, 3.8) is 0 Å². The molecule has 2 rings (SSSR count). The summed E-state index contributed by atoms with van der Waals surface area (Å²) in [5.74, 6) is -0.473. The highest BCUT2D eigenvalue weighted by Gasteiger charge is 2.40. The Kier molecular flexibility index (Phi) is 5.17. The van der Waals surface area contributed by atoms with Crippen molar-refractivity contribution in [2.45, 2.75) is 51.0 Å². The molecule has 1 aromatic carbocycles. The molecule has 0 aromatic heterocycles. The van der Waals surface area contributed by atoms with Crippen LogP contribution >= 0.6 is 11.6 Å². The molecular formula is C16H20ClFO2. The second-order valence-electron chi connectivity index (χ2n) is 5.29. The first-order valence-corrected chi connectivity index (χ1v) is 7.57.